The molecule has 1 aromatic carbocycles. The second-order valence-corrected chi connectivity index (χ2v) is 8.54. The molecule has 0 aliphatic carbocycles. The van der Waals surface area contributed by atoms with Gasteiger partial charge in [0.1, 0.15) is 12.2 Å². The van der Waals surface area contributed by atoms with Gasteiger partial charge in [0, 0.05) is 18.7 Å². The van der Waals surface area contributed by atoms with Crippen LogP contribution in [0.1, 0.15) is 26.3 Å². The van der Waals surface area contributed by atoms with Gasteiger partial charge >= 0.3 is 6.03 Å². The van der Waals surface area contributed by atoms with E-state index in [1.165, 1.54) is 4.90 Å². The van der Waals surface area contributed by atoms with Gasteiger partial charge in [-0.05, 0) is 38.5 Å². The molecule has 3 aliphatic heterocycles. The molecule has 0 radical (unpaired) electrons. The van der Waals surface area contributed by atoms with E-state index >= 15 is 0 Å². The fourth-order valence-electron chi connectivity index (χ4n) is 4.48. The summed E-state index contributed by atoms with van der Waals surface area (Å²) in [6, 6.07) is 6.34. The average Bonchev–Trinajstić information content (AvgIpc) is 3.15. The van der Waals surface area contributed by atoms with Crippen molar-refractivity contribution >= 4 is 29.3 Å². The fourth-order valence-corrected chi connectivity index (χ4v) is 4.69. The summed E-state index contributed by atoms with van der Waals surface area (Å²) >= 11 is 6.10. The first-order valence-corrected chi connectivity index (χ1v) is 11.0. The minimum Gasteiger partial charge on any atom is -0.380 e. The summed E-state index contributed by atoms with van der Waals surface area (Å²) in [7, 11) is 1.73. The Kier molecular flexibility index (Phi) is 6.20. The quantitative estimate of drug-likeness (QED) is 0.667. The first-order chi connectivity index (χ1) is 14.8. The van der Waals surface area contributed by atoms with Gasteiger partial charge in [0.2, 0.25) is 0 Å². The molecule has 9 nitrogen and oxygen atoms in total. The zero-order valence-corrected chi connectivity index (χ0v) is 19.0. The van der Waals surface area contributed by atoms with Crippen molar-refractivity contribution in [2.75, 3.05) is 26.8 Å². The first-order valence-electron chi connectivity index (χ1n) is 10.6. The van der Waals surface area contributed by atoms with E-state index in [1.807, 2.05) is 37.9 Å². The van der Waals surface area contributed by atoms with E-state index in [-0.39, 0.29) is 30.8 Å². The number of nitrogens with one attached hydrogen (secondary N) is 1. The van der Waals surface area contributed by atoms with E-state index in [4.69, 9.17) is 21.4 Å². The fraction of sp³-hybridized carbons (Fsp3) is 0.571. The number of ether oxygens (including phenoxy) is 1. The second kappa shape index (κ2) is 8.74. The van der Waals surface area contributed by atoms with Crippen molar-refractivity contribution in [3.05, 3.63) is 34.9 Å². The van der Waals surface area contributed by atoms with E-state index in [2.05, 4.69) is 10.2 Å². The third kappa shape index (κ3) is 3.91. The number of carbonyl (C=O) groups is 2. The van der Waals surface area contributed by atoms with Gasteiger partial charge in [0.15, 0.2) is 6.29 Å². The highest BCUT2D eigenvalue weighted by molar-refractivity contribution is 6.30. The number of halogens is 1. The Balaban J connectivity index is 1.62. The molecule has 4 atom stereocenters. The Morgan fingerprint density at radius 3 is 2.77 bits per heavy atom. The molecule has 168 valence electrons. The van der Waals surface area contributed by atoms with E-state index in [0.717, 1.165) is 11.3 Å². The monoisotopic (exact) mass is 448 g/mol. The summed E-state index contributed by atoms with van der Waals surface area (Å²) < 4.78 is 5.51. The largest absolute Gasteiger partial charge is 0.380 e. The minimum absolute atomic E-state index is 0.0468. The number of amides is 3. The highest BCUT2D eigenvalue weighted by Crippen LogP contribution is 2.33. The summed E-state index contributed by atoms with van der Waals surface area (Å²) in [4.78, 5) is 31.7. The maximum atomic E-state index is 13.6. The summed E-state index contributed by atoms with van der Waals surface area (Å²) in [5.41, 5.74) is 1.73. The number of urea groups is 1. The van der Waals surface area contributed by atoms with Gasteiger partial charge in [-0.25, -0.2) is 9.69 Å². The predicted molar refractivity (Wildman–Crippen MR) is 117 cm³/mol. The van der Waals surface area contributed by atoms with Gasteiger partial charge in [0.25, 0.3) is 5.91 Å². The molecule has 4 rings (SSSR count). The lowest BCUT2D eigenvalue weighted by molar-refractivity contribution is -0.140. The number of imide groups is 1. The van der Waals surface area contributed by atoms with Crippen molar-refractivity contribution in [1.82, 2.24) is 25.0 Å². The normalized spacial score (nSPS) is 28.7. The van der Waals surface area contributed by atoms with Crippen LogP contribution in [0.25, 0.3) is 0 Å². The topological polar surface area (TPSA) is 80.7 Å². The maximum Gasteiger partial charge on any atom is 0.328 e. The van der Waals surface area contributed by atoms with Crippen LogP contribution in [0.15, 0.2) is 29.4 Å². The predicted octanol–water partition coefficient (Wildman–Crippen LogP) is 1.73. The molecular weight excluding hydrogens is 420 g/mol. The third-order valence-corrected chi connectivity index (χ3v) is 6.45. The van der Waals surface area contributed by atoms with Gasteiger partial charge < -0.3 is 9.64 Å². The van der Waals surface area contributed by atoms with Crippen molar-refractivity contribution < 1.29 is 14.3 Å². The maximum absolute atomic E-state index is 13.6. The number of hydrazone groups is 1. The molecule has 0 aromatic heterocycles. The van der Waals surface area contributed by atoms with Crippen molar-refractivity contribution in [1.29, 1.82) is 0 Å². The Bertz CT molecular complexity index is 896. The lowest BCUT2D eigenvalue weighted by Gasteiger charge is -2.45. The van der Waals surface area contributed by atoms with Crippen LogP contribution in [0.2, 0.25) is 5.02 Å². The summed E-state index contributed by atoms with van der Waals surface area (Å²) in [5.74, 6) is -0.214. The Morgan fingerprint density at radius 2 is 2.06 bits per heavy atom. The minimum atomic E-state index is -0.512. The molecular formula is C21H29ClN6O3. The van der Waals surface area contributed by atoms with Gasteiger partial charge in [-0.15, -0.1) is 0 Å². The lowest BCUT2D eigenvalue weighted by atomic mass is 10.0. The lowest BCUT2D eigenvalue weighted by Crippen LogP contribution is -2.67. The Hall–Kier alpha value is -2.20. The van der Waals surface area contributed by atoms with E-state index < -0.39 is 12.2 Å². The second-order valence-electron chi connectivity index (χ2n) is 8.10. The van der Waals surface area contributed by atoms with Crippen molar-refractivity contribution in [2.24, 2.45) is 5.10 Å². The smallest absolute Gasteiger partial charge is 0.328 e. The summed E-state index contributed by atoms with van der Waals surface area (Å²) in [6.07, 6.45) is -0.724. The van der Waals surface area contributed by atoms with Crippen LogP contribution in [0.3, 0.4) is 0 Å². The van der Waals surface area contributed by atoms with Gasteiger partial charge in [-0.1, -0.05) is 23.7 Å². The van der Waals surface area contributed by atoms with Gasteiger partial charge in [-0.2, -0.15) is 5.10 Å². The summed E-state index contributed by atoms with van der Waals surface area (Å²) in [5, 5.41) is 10.7. The molecule has 0 saturated carbocycles. The van der Waals surface area contributed by atoms with Crippen LogP contribution in [0, 0.1) is 0 Å². The van der Waals surface area contributed by atoms with Crippen molar-refractivity contribution in [2.45, 2.75) is 51.9 Å². The molecule has 0 bridgehead atoms. The molecule has 1 N–H and O–H groups in total. The molecule has 3 heterocycles. The summed E-state index contributed by atoms with van der Waals surface area (Å²) in [6.45, 7) is 7.90. The van der Waals surface area contributed by atoms with Crippen molar-refractivity contribution in [3.8, 4) is 0 Å². The molecule has 10 heteroatoms. The van der Waals surface area contributed by atoms with Crippen LogP contribution in [-0.4, -0.2) is 88.7 Å². The zero-order chi connectivity index (χ0) is 22.3. The highest BCUT2D eigenvalue weighted by Gasteiger charge is 2.57. The number of hydrogen-bond donors (Lipinski definition) is 1. The number of likely N-dealkylation sites (N-methyl/N-ethyl adjacent to an activating group) is 1. The number of carbonyl (C=O) groups excluding carboxylic acids is 2. The Labute approximate surface area is 187 Å². The SMILES string of the molecule is CCOCCN1N=C(C)C(C)N2C3C(=O)N(Cc4cccc(Cl)c4)C(=O)N(C)C3NC12. The van der Waals surface area contributed by atoms with Crippen LogP contribution in [0.5, 0.6) is 0 Å². The molecule has 2 saturated heterocycles. The van der Waals surface area contributed by atoms with Crippen LogP contribution < -0.4 is 5.32 Å². The number of nitrogens with zero attached hydrogens (tertiary/aromatic N) is 5. The molecule has 1 aromatic rings. The molecule has 31 heavy (non-hydrogen) atoms. The molecule has 0 spiro atoms. The van der Waals surface area contributed by atoms with Crippen LogP contribution in [-0.2, 0) is 16.1 Å². The first kappa shape index (κ1) is 22.0. The molecule has 4 unspecified atom stereocenters. The number of fused-ring (bicyclic) bond motifs is 3. The highest BCUT2D eigenvalue weighted by atomic mass is 35.5. The molecule has 3 amide bonds. The van der Waals surface area contributed by atoms with E-state index in [0.29, 0.717) is 24.8 Å². The standard InChI is InChI=1S/C21H29ClN6O3/c1-5-31-10-9-27-20-23-18-17(28(20)14(3)13(2)24-27)19(29)26(21(30)25(18)4)12-15-7-6-8-16(22)11-15/h6-8,11,14,17-18,20,23H,5,9-10,12H2,1-4H3. The average molecular weight is 449 g/mol. The van der Waals surface area contributed by atoms with E-state index in [9.17, 15) is 9.59 Å². The van der Waals surface area contributed by atoms with Gasteiger partial charge in [0.05, 0.1) is 31.4 Å². The third-order valence-electron chi connectivity index (χ3n) is 6.21. The zero-order valence-electron chi connectivity index (χ0n) is 18.3. The van der Waals surface area contributed by atoms with Crippen molar-refractivity contribution in [3.63, 3.8) is 0 Å². The van der Waals surface area contributed by atoms with Gasteiger partial charge in [-0.3, -0.25) is 20.0 Å². The Morgan fingerprint density at radius 1 is 1.29 bits per heavy atom. The van der Waals surface area contributed by atoms with Crippen LogP contribution >= 0.6 is 11.6 Å². The number of benzene rings is 1. The molecule has 3 aliphatic rings. The number of rotatable bonds is 6. The molecule has 2 fully saturated rings. The van der Waals surface area contributed by atoms with Crippen LogP contribution in [0.4, 0.5) is 4.79 Å². The number of hydrogen-bond acceptors (Lipinski definition) is 7. The van der Waals surface area contributed by atoms with E-state index in [1.54, 1.807) is 24.1 Å².